The molecule has 0 aromatic carbocycles. The SMILES string of the molecule is CCCNC(c1sccc1C)C1C(C)OC(C)C1C. The summed E-state index contributed by atoms with van der Waals surface area (Å²) in [5.41, 5.74) is 1.41. The lowest BCUT2D eigenvalue weighted by molar-refractivity contribution is 0.0476. The van der Waals surface area contributed by atoms with Crippen molar-refractivity contribution in [3.63, 3.8) is 0 Å². The summed E-state index contributed by atoms with van der Waals surface area (Å²) in [7, 11) is 0. The smallest absolute Gasteiger partial charge is 0.0600 e. The van der Waals surface area contributed by atoms with E-state index in [0.717, 1.165) is 6.54 Å². The third-order valence-corrected chi connectivity index (χ3v) is 5.60. The molecule has 0 spiro atoms. The second kappa shape index (κ2) is 6.38. The predicted molar refractivity (Wildman–Crippen MR) is 82.8 cm³/mol. The van der Waals surface area contributed by atoms with Gasteiger partial charge in [0.1, 0.15) is 0 Å². The number of thiophene rings is 1. The van der Waals surface area contributed by atoms with Crippen LogP contribution in [0.4, 0.5) is 0 Å². The van der Waals surface area contributed by atoms with E-state index in [9.17, 15) is 0 Å². The molecule has 3 heteroatoms. The van der Waals surface area contributed by atoms with Crippen LogP contribution in [0.15, 0.2) is 11.4 Å². The molecule has 2 rings (SSSR count). The van der Waals surface area contributed by atoms with Crippen LogP contribution < -0.4 is 5.32 Å². The average molecular weight is 281 g/mol. The number of hydrogen-bond acceptors (Lipinski definition) is 3. The first-order valence-corrected chi connectivity index (χ1v) is 8.37. The minimum absolute atomic E-state index is 0.334. The topological polar surface area (TPSA) is 21.3 Å². The highest BCUT2D eigenvalue weighted by molar-refractivity contribution is 7.10. The molecular formula is C16H27NOS. The van der Waals surface area contributed by atoms with Gasteiger partial charge in [0.15, 0.2) is 0 Å². The Kier molecular flexibility index (Phi) is 5.04. The third kappa shape index (κ3) is 3.04. The number of aryl methyl sites for hydroxylation is 1. The Bertz CT molecular complexity index is 403. The van der Waals surface area contributed by atoms with Crippen LogP contribution >= 0.6 is 11.3 Å². The largest absolute Gasteiger partial charge is 0.375 e. The van der Waals surface area contributed by atoms with Crippen LogP contribution in [0.3, 0.4) is 0 Å². The molecule has 2 heterocycles. The molecule has 0 saturated carbocycles. The zero-order chi connectivity index (χ0) is 14.0. The molecule has 0 amide bonds. The number of nitrogens with one attached hydrogen (secondary N) is 1. The van der Waals surface area contributed by atoms with Crippen LogP contribution in [0.1, 0.15) is 50.6 Å². The van der Waals surface area contributed by atoms with Gasteiger partial charge in [-0.1, -0.05) is 13.8 Å². The van der Waals surface area contributed by atoms with E-state index in [2.05, 4.69) is 51.4 Å². The van der Waals surface area contributed by atoms with Gasteiger partial charge in [-0.05, 0) is 56.7 Å². The van der Waals surface area contributed by atoms with Gasteiger partial charge in [0.05, 0.1) is 12.2 Å². The van der Waals surface area contributed by atoms with Gasteiger partial charge < -0.3 is 10.1 Å². The molecule has 5 atom stereocenters. The molecule has 1 aromatic heterocycles. The van der Waals surface area contributed by atoms with Crippen molar-refractivity contribution >= 4 is 11.3 Å². The molecule has 108 valence electrons. The zero-order valence-corrected chi connectivity index (χ0v) is 13.6. The van der Waals surface area contributed by atoms with E-state index in [0.29, 0.717) is 30.1 Å². The van der Waals surface area contributed by atoms with Crippen LogP contribution in [-0.4, -0.2) is 18.8 Å². The molecule has 5 unspecified atom stereocenters. The van der Waals surface area contributed by atoms with Crippen LogP contribution in [-0.2, 0) is 4.74 Å². The first kappa shape index (κ1) is 15.0. The van der Waals surface area contributed by atoms with Crippen molar-refractivity contribution in [2.75, 3.05) is 6.54 Å². The van der Waals surface area contributed by atoms with Crippen molar-refractivity contribution in [3.05, 3.63) is 21.9 Å². The maximum Gasteiger partial charge on any atom is 0.0600 e. The molecule has 1 fully saturated rings. The molecule has 0 bridgehead atoms. The quantitative estimate of drug-likeness (QED) is 0.875. The van der Waals surface area contributed by atoms with Gasteiger partial charge in [-0.25, -0.2) is 0 Å². The lowest BCUT2D eigenvalue weighted by Crippen LogP contribution is -2.35. The molecule has 1 N–H and O–H groups in total. The van der Waals surface area contributed by atoms with Gasteiger partial charge in [0, 0.05) is 16.8 Å². The maximum absolute atomic E-state index is 6.05. The Balaban J connectivity index is 2.25. The van der Waals surface area contributed by atoms with Crippen LogP contribution in [0.5, 0.6) is 0 Å². The van der Waals surface area contributed by atoms with Gasteiger partial charge >= 0.3 is 0 Å². The molecule has 1 aliphatic heterocycles. The van der Waals surface area contributed by atoms with Gasteiger partial charge in [0.25, 0.3) is 0 Å². The van der Waals surface area contributed by atoms with Crippen molar-refractivity contribution in [2.45, 2.75) is 59.3 Å². The maximum atomic E-state index is 6.05. The molecule has 0 radical (unpaired) electrons. The van der Waals surface area contributed by atoms with E-state index in [-0.39, 0.29) is 0 Å². The molecule has 1 saturated heterocycles. The zero-order valence-electron chi connectivity index (χ0n) is 12.8. The first-order chi connectivity index (χ1) is 9.06. The summed E-state index contributed by atoms with van der Waals surface area (Å²) in [5, 5.41) is 5.97. The van der Waals surface area contributed by atoms with Crippen LogP contribution in [0.25, 0.3) is 0 Å². The minimum Gasteiger partial charge on any atom is -0.375 e. The normalized spacial score (nSPS) is 32.7. The van der Waals surface area contributed by atoms with Gasteiger partial charge in [0.2, 0.25) is 0 Å². The van der Waals surface area contributed by atoms with Crippen molar-refractivity contribution in [1.82, 2.24) is 5.32 Å². The standard InChI is InChI=1S/C16H27NOS/c1-6-8-17-15(16-10(2)7-9-19-16)14-11(3)12(4)18-13(14)5/h7,9,11-15,17H,6,8H2,1-5H3. The highest BCUT2D eigenvalue weighted by Crippen LogP contribution is 2.42. The second-order valence-electron chi connectivity index (χ2n) is 5.88. The predicted octanol–water partition coefficient (Wildman–Crippen LogP) is 4.16. The van der Waals surface area contributed by atoms with Crippen molar-refractivity contribution in [1.29, 1.82) is 0 Å². The highest BCUT2D eigenvalue weighted by Gasteiger charge is 2.42. The molecular weight excluding hydrogens is 254 g/mol. The summed E-state index contributed by atoms with van der Waals surface area (Å²) in [6.07, 6.45) is 1.87. The van der Waals surface area contributed by atoms with Gasteiger partial charge in [-0.3, -0.25) is 0 Å². The minimum atomic E-state index is 0.334. The summed E-state index contributed by atoms with van der Waals surface area (Å²) in [5.74, 6) is 1.17. The van der Waals surface area contributed by atoms with Crippen molar-refractivity contribution in [2.24, 2.45) is 11.8 Å². The van der Waals surface area contributed by atoms with E-state index >= 15 is 0 Å². The monoisotopic (exact) mass is 281 g/mol. The summed E-state index contributed by atoms with van der Waals surface area (Å²) in [4.78, 5) is 1.50. The summed E-state index contributed by atoms with van der Waals surface area (Å²) in [6, 6.07) is 2.67. The third-order valence-electron chi connectivity index (χ3n) is 4.50. The van der Waals surface area contributed by atoms with Gasteiger partial charge in [-0.2, -0.15) is 0 Å². The van der Waals surface area contributed by atoms with E-state index < -0.39 is 0 Å². The van der Waals surface area contributed by atoms with Crippen LogP contribution in [0.2, 0.25) is 0 Å². The first-order valence-electron chi connectivity index (χ1n) is 7.49. The Labute approximate surface area is 121 Å². The Hall–Kier alpha value is -0.380. The molecule has 1 aliphatic rings. The van der Waals surface area contributed by atoms with E-state index in [1.807, 2.05) is 11.3 Å². The second-order valence-corrected chi connectivity index (χ2v) is 6.83. The summed E-state index contributed by atoms with van der Waals surface area (Å²) in [6.45, 7) is 12.3. The fraction of sp³-hybridized carbons (Fsp3) is 0.750. The van der Waals surface area contributed by atoms with E-state index in [1.165, 1.54) is 16.9 Å². The Morgan fingerprint density at radius 1 is 1.32 bits per heavy atom. The molecule has 19 heavy (non-hydrogen) atoms. The average Bonchev–Trinajstić information content (AvgIpc) is 2.88. The lowest BCUT2D eigenvalue weighted by Gasteiger charge is -2.30. The number of hydrogen-bond donors (Lipinski definition) is 1. The van der Waals surface area contributed by atoms with Crippen molar-refractivity contribution in [3.8, 4) is 0 Å². The molecule has 2 nitrogen and oxygen atoms in total. The molecule has 1 aromatic rings. The number of rotatable bonds is 5. The van der Waals surface area contributed by atoms with E-state index in [1.54, 1.807) is 0 Å². The van der Waals surface area contributed by atoms with Crippen LogP contribution in [0, 0.1) is 18.8 Å². The number of ether oxygens (including phenoxy) is 1. The fourth-order valence-corrected chi connectivity index (χ4v) is 4.33. The van der Waals surface area contributed by atoms with E-state index in [4.69, 9.17) is 4.74 Å². The Morgan fingerprint density at radius 3 is 2.53 bits per heavy atom. The summed E-state index contributed by atoms with van der Waals surface area (Å²) >= 11 is 1.88. The highest BCUT2D eigenvalue weighted by atomic mass is 32.1. The summed E-state index contributed by atoms with van der Waals surface area (Å²) < 4.78 is 6.05. The fourth-order valence-electron chi connectivity index (χ4n) is 3.27. The lowest BCUT2D eigenvalue weighted by atomic mass is 9.82. The Morgan fingerprint density at radius 2 is 2.05 bits per heavy atom. The molecule has 0 aliphatic carbocycles. The van der Waals surface area contributed by atoms with Crippen molar-refractivity contribution < 1.29 is 4.74 Å². The van der Waals surface area contributed by atoms with Gasteiger partial charge in [-0.15, -0.1) is 11.3 Å².